The molecule has 0 heterocycles. The van der Waals surface area contributed by atoms with Crippen LogP contribution in [-0.2, 0) is 9.53 Å². The highest BCUT2D eigenvalue weighted by Gasteiger charge is 2.08. The number of esters is 1. The van der Waals surface area contributed by atoms with Crippen LogP contribution in [0.15, 0.2) is 42.5 Å². The second-order valence-corrected chi connectivity index (χ2v) is 5.29. The molecule has 0 fully saturated rings. The molecule has 0 spiro atoms. The molecule has 2 N–H and O–H groups in total. The van der Waals surface area contributed by atoms with Crippen LogP contribution in [0, 0.1) is 13.8 Å². The van der Waals surface area contributed by atoms with Gasteiger partial charge in [0.1, 0.15) is 0 Å². The van der Waals surface area contributed by atoms with Crippen molar-refractivity contribution in [3.05, 3.63) is 59.2 Å². The summed E-state index contributed by atoms with van der Waals surface area (Å²) in [6.07, 6.45) is 0. The number of hydrogen-bond acceptors (Lipinski definition) is 4. The summed E-state index contributed by atoms with van der Waals surface area (Å²) < 4.78 is 4.67. The number of rotatable bonds is 5. The Kier molecular flexibility index (Phi) is 5.36. The summed E-state index contributed by atoms with van der Waals surface area (Å²) in [6.45, 7) is 4.03. The first-order chi connectivity index (χ1) is 11.0. The monoisotopic (exact) mass is 312 g/mol. The molecular weight excluding hydrogens is 292 g/mol. The van der Waals surface area contributed by atoms with Crippen LogP contribution in [0.25, 0.3) is 0 Å². The number of nitrogens with one attached hydrogen (secondary N) is 2. The number of ether oxygens (including phenoxy) is 1. The minimum atomic E-state index is -0.409. The first-order valence-electron chi connectivity index (χ1n) is 7.29. The maximum Gasteiger partial charge on any atom is 0.337 e. The number of anilines is 2. The predicted octanol–water partition coefficient (Wildman–Crippen LogP) is 3.14. The molecule has 5 nitrogen and oxygen atoms in total. The standard InChI is InChI=1S/C18H20N2O3/c1-12-7-8-13(2)16(9-12)20-17(21)11-19-15-6-4-5-14(10-15)18(22)23-3/h4-10,19H,11H2,1-3H3,(H,20,21). The second kappa shape index (κ2) is 7.45. The van der Waals surface area contributed by atoms with Crippen molar-refractivity contribution in [2.45, 2.75) is 13.8 Å². The van der Waals surface area contributed by atoms with Gasteiger partial charge in [-0.25, -0.2) is 4.79 Å². The van der Waals surface area contributed by atoms with E-state index in [0.29, 0.717) is 11.3 Å². The van der Waals surface area contributed by atoms with E-state index < -0.39 is 5.97 Å². The molecule has 120 valence electrons. The fraction of sp³-hybridized carbons (Fsp3) is 0.222. The fourth-order valence-electron chi connectivity index (χ4n) is 2.12. The van der Waals surface area contributed by atoms with Gasteiger partial charge in [0, 0.05) is 11.4 Å². The SMILES string of the molecule is COC(=O)c1cccc(NCC(=O)Nc2cc(C)ccc2C)c1. The number of methoxy groups -OCH3 is 1. The molecule has 2 rings (SSSR count). The molecular formula is C18H20N2O3. The molecule has 0 aliphatic carbocycles. The van der Waals surface area contributed by atoms with Gasteiger partial charge in [-0.05, 0) is 49.2 Å². The van der Waals surface area contributed by atoms with Crippen LogP contribution in [0.5, 0.6) is 0 Å². The summed E-state index contributed by atoms with van der Waals surface area (Å²) >= 11 is 0. The number of benzene rings is 2. The molecule has 2 aromatic carbocycles. The van der Waals surface area contributed by atoms with Gasteiger partial charge in [-0.1, -0.05) is 18.2 Å². The molecule has 2 aromatic rings. The van der Waals surface area contributed by atoms with Crippen LogP contribution >= 0.6 is 0 Å². The number of carbonyl (C=O) groups excluding carboxylic acids is 2. The summed E-state index contributed by atoms with van der Waals surface area (Å²) in [5.74, 6) is -0.560. The van der Waals surface area contributed by atoms with E-state index in [1.54, 1.807) is 24.3 Å². The molecule has 1 amide bonds. The highest BCUT2D eigenvalue weighted by atomic mass is 16.5. The van der Waals surface area contributed by atoms with E-state index in [4.69, 9.17) is 0 Å². The highest BCUT2D eigenvalue weighted by molar-refractivity contribution is 5.95. The lowest BCUT2D eigenvalue weighted by atomic mass is 10.1. The lowest BCUT2D eigenvalue weighted by Crippen LogP contribution is -2.22. The van der Waals surface area contributed by atoms with Crippen molar-refractivity contribution in [2.24, 2.45) is 0 Å². The highest BCUT2D eigenvalue weighted by Crippen LogP contribution is 2.16. The summed E-state index contributed by atoms with van der Waals surface area (Å²) in [6, 6.07) is 12.7. The van der Waals surface area contributed by atoms with Crippen molar-refractivity contribution in [2.75, 3.05) is 24.3 Å². The number of carbonyl (C=O) groups is 2. The van der Waals surface area contributed by atoms with E-state index in [9.17, 15) is 9.59 Å². The third kappa shape index (κ3) is 4.57. The van der Waals surface area contributed by atoms with Crippen molar-refractivity contribution in [1.82, 2.24) is 0 Å². The first kappa shape index (κ1) is 16.5. The summed E-state index contributed by atoms with van der Waals surface area (Å²) in [7, 11) is 1.33. The van der Waals surface area contributed by atoms with Gasteiger partial charge in [0.15, 0.2) is 0 Å². The van der Waals surface area contributed by atoms with Gasteiger partial charge < -0.3 is 15.4 Å². The Labute approximate surface area is 135 Å². The zero-order chi connectivity index (χ0) is 16.8. The van der Waals surface area contributed by atoms with Crippen molar-refractivity contribution in [1.29, 1.82) is 0 Å². The Hall–Kier alpha value is -2.82. The molecule has 5 heteroatoms. The molecule has 0 radical (unpaired) electrons. The van der Waals surface area contributed by atoms with E-state index in [1.165, 1.54) is 7.11 Å². The lowest BCUT2D eigenvalue weighted by Gasteiger charge is -2.11. The molecule has 0 atom stereocenters. The van der Waals surface area contributed by atoms with Crippen molar-refractivity contribution in [3.63, 3.8) is 0 Å². The van der Waals surface area contributed by atoms with Gasteiger partial charge in [0.2, 0.25) is 5.91 Å². The van der Waals surface area contributed by atoms with E-state index in [2.05, 4.69) is 15.4 Å². The van der Waals surface area contributed by atoms with E-state index in [1.807, 2.05) is 32.0 Å². The molecule has 0 aromatic heterocycles. The largest absolute Gasteiger partial charge is 0.465 e. The Morgan fingerprint density at radius 3 is 2.61 bits per heavy atom. The first-order valence-corrected chi connectivity index (χ1v) is 7.29. The van der Waals surface area contributed by atoms with Gasteiger partial charge >= 0.3 is 5.97 Å². The van der Waals surface area contributed by atoms with Gasteiger partial charge in [-0.15, -0.1) is 0 Å². The zero-order valence-electron chi connectivity index (χ0n) is 13.5. The normalized spacial score (nSPS) is 10.0. The second-order valence-electron chi connectivity index (χ2n) is 5.29. The fourth-order valence-corrected chi connectivity index (χ4v) is 2.12. The third-order valence-corrected chi connectivity index (χ3v) is 3.40. The third-order valence-electron chi connectivity index (χ3n) is 3.40. The number of amides is 1. The quantitative estimate of drug-likeness (QED) is 0.832. The average Bonchev–Trinajstić information content (AvgIpc) is 2.56. The predicted molar refractivity (Wildman–Crippen MR) is 90.8 cm³/mol. The molecule has 0 saturated carbocycles. The van der Waals surface area contributed by atoms with Crippen LogP contribution in [0.2, 0.25) is 0 Å². The molecule has 0 aliphatic rings. The van der Waals surface area contributed by atoms with Crippen LogP contribution in [0.1, 0.15) is 21.5 Å². The molecule has 23 heavy (non-hydrogen) atoms. The van der Waals surface area contributed by atoms with Crippen LogP contribution in [-0.4, -0.2) is 25.5 Å². The van der Waals surface area contributed by atoms with E-state index in [0.717, 1.165) is 16.8 Å². The van der Waals surface area contributed by atoms with Crippen molar-refractivity contribution in [3.8, 4) is 0 Å². The topological polar surface area (TPSA) is 67.4 Å². The van der Waals surface area contributed by atoms with Crippen molar-refractivity contribution >= 4 is 23.3 Å². The van der Waals surface area contributed by atoms with Crippen LogP contribution in [0.4, 0.5) is 11.4 Å². The van der Waals surface area contributed by atoms with E-state index in [-0.39, 0.29) is 12.5 Å². The number of aryl methyl sites for hydroxylation is 2. The van der Waals surface area contributed by atoms with Crippen LogP contribution in [0.3, 0.4) is 0 Å². The van der Waals surface area contributed by atoms with Gasteiger partial charge in [-0.2, -0.15) is 0 Å². The Balaban J connectivity index is 1.97. The maximum atomic E-state index is 12.1. The summed E-state index contributed by atoms with van der Waals surface area (Å²) in [5.41, 5.74) is 4.03. The molecule has 0 unspecified atom stereocenters. The lowest BCUT2D eigenvalue weighted by molar-refractivity contribution is -0.114. The smallest absolute Gasteiger partial charge is 0.337 e. The Morgan fingerprint density at radius 2 is 1.87 bits per heavy atom. The van der Waals surface area contributed by atoms with Crippen molar-refractivity contribution < 1.29 is 14.3 Å². The van der Waals surface area contributed by atoms with Crippen LogP contribution < -0.4 is 10.6 Å². The maximum absolute atomic E-state index is 12.1. The summed E-state index contributed by atoms with van der Waals surface area (Å²) in [5, 5.41) is 5.88. The summed E-state index contributed by atoms with van der Waals surface area (Å²) in [4.78, 5) is 23.5. The molecule has 0 aliphatic heterocycles. The van der Waals surface area contributed by atoms with Gasteiger partial charge in [0.05, 0.1) is 19.2 Å². The zero-order valence-corrected chi connectivity index (χ0v) is 13.5. The Morgan fingerprint density at radius 1 is 1.09 bits per heavy atom. The minimum Gasteiger partial charge on any atom is -0.465 e. The molecule has 0 bridgehead atoms. The number of hydrogen-bond donors (Lipinski definition) is 2. The van der Waals surface area contributed by atoms with Gasteiger partial charge in [0.25, 0.3) is 0 Å². The van der Waals surface area contributed by atoms with Gasteiger partial charge in [-0.3, -0.25) is 4.79 Å². The molecule has 0 saturated heterocycles. The average molecular weight is 312 g/mol. The minimum absolute atomic E-state index is 0.109. The van der Waals surface area contributed by atoms with E-state index >= 15 is 0 Å². The Bertz CT molecular complexity index is 726.